The Morgan fingerprint density at radius 1 is 0.917 bits per heavy atom. The van der Waals surface area contributed by atoms with E-state index < -0.39 is 6.17 Å². The summed E-state index contributed by atoms with van der Waals surface area (Å²) < 4.78 is 22.4. The van der Waals surface area contributed by atoms with Crippen LogP contribution in [-0.2, 0) is 4.74 Å². The molecular weight excluding hydrogens is 443 g/mol. The molecule has 0 amide bonds. The zero-order valence-electron chi connectivity index (χ0n) is 25.5. The molecule has 0 aromatic carbocycles. The topological polar surface area (TPSA) is 9.23 Å². The van der Waals surface area contributed by atoms with Crippen molar-refractivity contribution in [2.75, 3.05) is 0 Å². The molecule has 2 rings (SSSR count). The van der Waals surface area contributed by atoms with Gasteiger partial charge in [0.2, 0.25) is 0 Å². The van der Waals surface area contributed by atoms with E-state index in [4.69, 9.17) is 4.74 Å². The molecule has 1 fully saturated rings. The standard InChI is InChI=1S/C34H61FO/c1-10-28(11-2)26(8)21-25(7)27(9)31-22-32(33(35)12-3)34(16-14-13-15-24(31)6)36-30-19-17-29(18-20-30)23(4)5/h16,23,25-30,32-33H,10-15,17-22H2,1-9H3. The highest BCUT2D eigenvalue weighted by atomic mass is 19.1. The molecule has 2 heteroatoms. The van der Waals surface area contributed by atoms with Crippen LogP contribution in [0.25, 0.3) is 0 Å². The lowest BCUT2D eigenvalue weighted by Crippen LogP contribution is -2.29. The number of rotatable bonds is 12. The smallest absolute Gasteiger partial charge is 0.110 e. The van der Waals surface area contributed by atoms with Gasteiger partial charge in [-0.1, -0.05) is 79.4 Å². The molecule has 5 atom stereocenters. The molecule has 1 nitrogen and oxygen atoms in total. The van der Waals surface area contributed by atoms with Gasteiger partial charge in [0.1, 0.15) is 6.17 Å². The second kappa shape index (κ2) is 15.6. The highest BCUT2D eigenvalue weighted by molar-refractivity contribution is 5.21. The van der Waals surface area contributed by atoms with Gasteiger partial charge in [-0.25, -0.2) is 4.39 Å². The molecule has 36 heavy (non-hydrogen) atoms. The minimum atomic E-state index is -0.838. The Hall–Kier alpha value is -0.790. The van der Waals surface area contributed by atoms with Gasteiger partial charge in [0.25, 0.3) is 0 Å². The van der Waals surface area contributed by atoms with Crippen LogP contribution in [0.5, 0.6) is 0 Å². The van der Waals surface area contributed by atoms with Crippen molar-refractivity contribution >= 4 is 0 Å². The summed E-state index contributed by atoms with van der Waals surface area (Å²) in [6, 6.07) is 0. The van der Waals surface area contributed by atoms with Crippen molar-refractivity contribution in [3.63, 3.8) is 0 Å². The van der Waals surface area contributed by atoms with Crippen molar-refractivity contribution in [3.8, 4) is 0 Å². The van der Waals surface area contributed by atoms with E-state index >= 15 is 4.39 Å². The lowest BCUT2D eigenvalue weighted by molar-refractivity contribution is 0.0307. The number of halogens is 1. The SMILES string of the molecule is CCC(F)C1CC(C(C)C(C)CC(C)C(CC)CC)=C(C)CCCC=C1OC1CCC(C(C)C)CC1. The van der Waals surface area contributed by atoms with E-state index in [2.05, 4.69) is 61.5 Å². The molecule has 0 aromatic heterocycles. The number of ether oxygens (including phenoxy) is 1. The quantitative estimate of drug-likeness (QED) is 0.240. The van der Waals surface area contributed by atoms with E-state index in [-0.39, 0.29) is 12.0 Å². The summed E-state index contributed by atoms with van der Waals surface area (Å²) in [5.41, 5.74) is 3.05. The molecule has 0 aliphatic heterocycles. The van der Waals surface area contributed by atoms with Gasteiger partial charge in [-0.3, -0.25) is 0 Å². The third-order valence-corrected chi connectivity index (χ3v) is 10.2. The van der Waals surface area contributed by atoms with Gasteiger partial charge in [0.15, 0.2) is 0 Å². The third-order valence-electron chi connectivity index (χ3n) is 10.2. The molecule has 2 aliphatic carbocycles. The first-order chi connectivity index (χ1) is 17.1. The first-order valence-corrected chi connectivity index (χ1v) is 15.8. The fourth-order valence-corrected chi connectivity index (χ4v) is 7.22. The van der Waals surface area contributed by atoms with Crippen LogP contribution >= 0.6 is 0 Å². The highest BCUT2D eigenvalue weighted by Crippen LogP contribution is 2.41. The fourth-order valence-electron chi connectivity index (χ4n) is 7.22. The van der Waals surface area contributed by atoms with Crippen LogP contribution < -0.4 is 0 Å². The maximum absolute atomic E-state index is 15.7. The van der Waals surface area contributed by atoms with Crippen LogP contribution in [0, 0.1) is 41.4 Å². The summed E-state index contributed by atoms with van der Waals surface area (Å²) in [5, 5.41) is 0. The summed E-state index contributed by atoms with van der Waals surface area (Å²) >= 11 is 0. The Morgan fingerprint density at radius 2 is 1.56 bits per heavy atom. The fraction of sp³-hybridized carbons (Fsp3) is 0.882. The molecule has 2 aliphatic rings. The van der Waals surface area contributed by atoms with Gasteiger partial charge in [-0.2, -0.15) is 0 Å². The second-order valence-electron chi connectivity index (χ2n) is 13.0. The van der Waals surface area contributed by atoms with Crippen LogP contribution in [-0.4, -0.2) is 12.3 Å². The van der Waals surface area contributed by atoms with Crippen molar-refractivity contribution in [1.82, 2.24) is 0 Å². The van der Waals surface area contributed by atoms with Crippen molar-refractivity contribution in [3.05, 3.63) is 23.0 Å². The maximum Gasteiger partial charge on any atom is 0.110 e. The monoisotopic (exact) mass is 504 g/mol. The lowest BCUT2D eigenvalue weighted by Gasteiger charge is -2.35. The third kappa shape index (κ3) is 8.90. The van der Waals surface area contributed by atoms with E-state index in [1.807, 2.05) is 6.92 Å². The number of hydrogen-bond donors (Lipinski definition) is 0. The van der Waals surface area contributed by atoms with E-state index in [9.17, 15) is 0 Å². The second-order valence-corrected chi connectivity index (χ2v) is 13.0. The van der Waals surface area contributed by atoms with Gasteiger partial charge >= 0.3 is 0 Å². The normalized spacial score (nSPS) is 27.7. The zero-order chi connectivity index (χ0) is 26.8. The molecular formula is C34H61FO. The van der Waals surface area contributed by atoms with E-state index in [1.165, 1.54) is 43.3 Å². The van der Waals surface area contributed by atoms with Gasteiger partial charge in [0, 0.05) is 0 Å². The minimum Gasteiger partial charge on any atom is -0.495 e. The molecule has 0 radical (unpaired) electrons. The predicted molar refractivity (Wildman–Crippen MR) is 156 cm³/mol. The molecule has 5 unspecified atom stereocenters. The highest BCUT2D eigenvalue weighted by Gasteiger charge is 2.33. The molecule has 1 saturated carbocycles. The number of hydrogen-bond acceptors (Lipinski definition) is 1. The summed E-state index contributed by atoms with van der Waals surface area (Å²) in [6.45, 7) is 21.0. The Balaban J connectivity index is 2.21. The number of allylic oxidation sites excluding steroid dienone is 4. The first kappa shape index (κ1) is 31.4. The molecule has 0 N–H and O–H groups in total. The molecule has 210 valence electrons. The van der Waals surface area contributed by atoms with E-state index in [0.29, 0.717) is 18.3 Å². The zero-order valence-corrected chi connectivity index (χ0v) is 25.5. The summed E-state index contributed by atoms with van der Waals surface area (Å²) in [5.74, 6) is 5.09. The van der Waals surface area contributed by atoms with Crippen LogP contribution in [0.3, 0.4) is 0 Å². The summed E-state index contributed by atoms with van der Waals surface area (Å²) in [7, 11) is 0. The Labute approximate surface area is 225 Å². The Bertz CT molecular complexity index is 679. The summed E-state index contributed by atoms with van der Waals surface area (Å²) in [6.07, 6.45) is 14.9. The molecule has 0 saturated heterocycles. The van der Waals surface area contributed by atoms with Crippen molar-refractivity contribution in [1.29, 1.82) is 0 Å². The van der Waals surface area contributed by atoms with Crippen LogP contribution in [0.2, 0.25) is 0 Å². The maximum atomic E-state index is 15.7. The molecule has 0 bridgehead atoms. The van der Waals surface area contributed by atoms with Gasteiger partial charge in [0.05, 0.1) is 17.8 Å². The van der Waals surface area contributed by atoms with Crippen LogP contribution in [0.4, 0.5) is 4.39 Å². The minimum absolute atomic E-state index is 0.132. The van der Waals surface area contributed by atoms with E-state index in [0.717, 1.165) is 68.0 Å². The molecule has 0 aromatic rings. The van der Waals surface area contributed by atoms with Gasteiger partial charge in [-0.05, 0) is 113 Å². The van der Waals surface area contributed by atoms with Crippen molar-refractivity contribution in [2.24, 2.45) is 41.4 Å². The van der Waals surface area contributed by atoms with Crippen molar-refractivity contribution < 1.29 is 9.13 Å². The average Bonchev–Trinajstić information content (AvgIpc) is 2.93. The summed E-state index contributed by atoms with van der Waals surface area (Å²) in [4.78, 5) is 0. The van der Waals surface area contributed by atoms with Crippen LogP contribution in [0.15, 0.2) is 23.0 Å². The largest absolute Gasteiger partial charge is 0.495 e. The lowest BCUT2D eigenvalue weighted by atomic mass is 9.74. The van der Waals surface area contributed by atoms with Gasteiger partial charge < -0.3 is 4.74 Å². The average molecular weight is 505 g/mol. The van der Waals surface area contributed by atoms with Gasteiger partial charge in [-0.15, -0.1) is 0 Å². The molecule has 0 spiro atoms. The predicted octanol–water partition coefficient (Wildman–Crippen LogP) is 11.1. The van der Waals surface area contributed by atoms with Crippen LogP contribution in [0.1, 0.15) is 139 Å². The number of alkyl halides is 1. The Morgan fingerprint density at radius 3 is 2.11 bits per heavy atom. The Kier molecular flexibility index (Phi) is 13.6. The van der Waals surface area contributed by atoms with E-state index in [1.54, 1.807) is 0 Å². The first-order valence-electron chi connectivity index (χ1n) is 15.8. The molecule has 0 heterocycles. The van der Waals surface area contributed by atoms with Crippen molar-refractivity contribution in [2.45, 2.75) is 152 Å².